The van der Waals surface area contributed by atoms with E-state index in [1.54, 1.807) is 0 Å². The number of carbonyl (C=O) groups is 1. The van der Waals surface area contributed by atoms with E-state index in [1.165, 1.54) is 5.52 Å². The quantitative estimate of drug-likeness (QED) is 0.731. The van der Waals surface area contributed by atoms with E-state index < -0.39 is 5.97 Å². The van der Waals surface area contributed by atoms with Gasteiger partial charge in [0.25, 0.3) is 0 Å². The second kappa shape index (κ2) is 4.67. The number of benzene rings is 2. The highest BCUT2D eigenvalue weighted by atomic mass is 16.4. The maximum absolute atomic E-state index is 10.8. The lowest BCUT2D eigenvalue weighted by Crippen LogP contribution is -2.24. The molecule has 0 aliphatic carbocycles. The summed E-state index contributed by atoms with van der Waals surface area (Å²) in [6, 6.07) is 14.4. The fourth-order valence-corrected chi connectivity index (χ4v) is 2.88. The number of fused-ring (bicyclic) bond motifs is 3. The molecule has 0 aliphatic heterocycles. The minimum Gasteiger partial charge on any atom is -0.550 e. The van der Waals surface area contributed by atoms with Gasteiger partial charge in [-0.1, -0.05) is 24.3 Å². The molecule has 3 heteroatoms. The molecule has 3 nitrogen and oxygen atoms in total. The maximum atomic E-state index is 10.8. The molecule has 0 fully saturated rings. The van der Waals surface area contributed by atoms with Gasteiger partial charge in [-0.2, -0.15) is 0 Å². The van der Waals surface area contributed by atoms with Gasteiger partial charge in [0.05, 0.1) is 0 Å². The van der Waals surface area contributed by atoms with Crippen LogP contribution in [0.15, 0.2) is 42.5 Å². The Morgan fingerprint density at radius 1 is 1.10 bits per heavy atom. The van der Waals surface area contributed by atoms with E-state index in [1.807, 2.05) is 30.3 Å². The number of hydrogen-bond donors (Lipinski definition) is 0. The van der Waals surface area contributed by atoms with Gasteiger partial charge in [-0.05, 0) is 37.6 Å². The van der Waals surface area contributed by atoms with E-state index >= 15 is 0 Å². The molecule has 0 aliphatic rings. The molecular formula is C17H16NO2-. The highest BCUT2D eigenvalue weighted by molar-refractivity contribution is 6.08. The summed E-state index contributed by atoms with van der Waals surface area (Å²) in [5, 5.41) is 13.0. The van der Waals surface area contributed by atoms with E-state index in [2.05, 4.69) is 30.5 Å². The molecule has 0 unspecified atom stereocenters. The highest BCUT2D eigenvalue weighted by Crippen LogP contribution is 2.32. The van der Waals surface area contributed by atoms with Crippen LogP contribution in [0, 0.1) is 0 Å². The third kappa shape index (κ3) is 1.95. The Balaban J connectivity index is 2.35. The molecule has 0 atom stereocenters. The Labute approximate surface area is 117 Å². The number of carboxylic acid groups (broad SMARTS) is 1. The SMILES string of the molecule is CC(C)n1c2ccccc2c2cc(CC(=O)[O-])ccc21. The molecule has 0 spiro atoms. The third-order valence-electron chi connectivity index (χ3n) is 3.64. The van der Waals surface area contributed by atoms with Crippen molar-refractivity contribution in [2.45, 2.75) is 26.3 Å². The first-order valence-corrected chi connectivity index (χ1v) is 6.79. The molecular weight excluding hydrogens is 250 g/mol. The zero-order valence-corrected chi connectivity index (χ0v) is 11.6. The van der Waals surface area contributed by atoms with Crippen LogP contribution in [-0.2, 0) is 11.2 Å². The maximum Gasteiger partial charge on any atom is 0.0493 e. The van der Waals surface area contributed by atoms with Crippen LogP contribution in [-0.4, -0.2) is 10.5 Å². The largest absolute Gasteiger partial charge is 0.550 e. The number of carbonyl (C=O) groups excluding carboxylic acids is 1. The standard InChI is InChI=1S/C17H17NO2/c1-11(2)18-15-6-4-3-5-13(15)14-9-12(10-17(19)20)7-8-16(14)18/h3-9,11H,10H2,1-2H3,(H,19,20)/p-1. The van der Waals surface area contributed by atoms with E-state index in [-0.39, 0.29) is 6.42 Å². The summed E-state index contributed by atoms with van der Waals surface area (Å²) >= 11 is 0. The van der Waals surface area contributed by atoms with Gasteiger partial charge in [0, 0.05) is 40.2 Å². The van der Waals surface area contributed by atoms with Crippen LogP contribution in [0.5, 0.6) is 0 Å². The second-order valence-corrected chi connectivity index (χ2v) is 5.38. The van der Waals surface area contributed by atoms with E-state index in [9.17, 15) is 9.90 Å². The number of hydrogen-bond acceptors (Lipinski definition) is 2. The van der Waals surface area contributed by atoms with Gasteiger partial charge in [0.2, 0.25) is 0 Å². The van der Waals surface area contributed by atoms with E-state index in [0.717, 1.165) is 21.9 Å². The molecule has 0 bridgehead atoms. The smallest absolute Gasteiger partial charge is 0.0493 e. The number of aromatic nitrogens is 1. The van der Waals surface area contributed by atoms with Crippen LogP contribution < -0.4 is 5.11 Å². The first-order valence-electron chi connectivity index (χ1n) is 6.79. The minimum atomic E-state index is -1.04. The zero-order valence-electron chi connectivity index (χ0n) is 11.6. The number of carboxylic acids is 1. The van der Waals surface area contributed by atoms with Crippen molar-refractivity contribution >= 4 is 27.8 Å². The molecule has 1 heterocycles. The molecule has 3 aromatic rings. The predicted molar refractivity (Wildman–Crippen MR) is 78.5 cm³/mol. The van der Waals surface area contributed by atoms with Gasteiger partial charge in [0.15, 0.2) is 0 Å². The number of aliphatic carboxylic acids is 1. The molecule has 0 radical (unpaired) electrons. The Morgan fingerprint density at radius 3 is 2.50 bits per heavy atom. The summed E-state index contributed by atoms with van der Waals surface area (Å²) in [5.41, 5.74) is 3.11. The lowest BCUT2D eigenvalue weighted by atomic mass is 10.1. The molecule has 1 aromatic heterocycles. The first-order chi connectivity index (χ1) is 9.58. The molecule has 20 heavy (non-hydrogen) atoms. The predicted octanol–water partition coefficient (Wildman–Crippen LogP) is 2.67. The fourth-order valence-electron chi connectivity index (χ4n) is 2.88. The van der Waals surface area contributed by atoms with Crippen molar-refractivity contribution in [1.82, 2.24) is 4.57 Å². The van der Waals surface area contributed by atoms with Gasteiger partial charge < -0.3 is 14.5 Å². The molecule has 0 saturated heterocycles. The summed E-state index contributed by atoms with van der Waals surface area (Å²) in [7, 11) is 0. The fraction of sp³-hybridized carbons (Fsp3) is 0.235. The van der Waals surface area contributed by atoms with Gasteiger partial charge in [0.1, 0.15) is 0 Å². The summed E-state index contributed by atoms with van der Waals surface area (Å²) in [5.74, 6) is -1.04. The van der Waals surface area contributed by atoms with E-state index in [4.69, 9.17) is 0 Å². The summed E-state index contributed by atoms with van der Waals surface area (Å²) in [6.45, 7) is 4.31. The number of nitrogens with zero attached hydrogens (tertiary/aromatic N) is 1. The van der Waals surface area contributed by atoms with Gasteiger partial charge in [-0.25, -0.2) is 0 Å². The van der Waals surface area contributed by atoms with Gasteiger partial charge in [-0.15, -0.1) is 0 Å². The molecule has 0 N–H and O–H groups in total. The van der Waals surface area contributed by atoms with Crippen molar-refractivity contribution in [1.29, 1.82) is 0 Å². The van der Waals surface area contributed by atoms with Crippen molar-refractivity contribution in [2.75, 3.05) is 0 Å². The van der Waals surface area contributed by atoms with Crippen molar-refractivity contribution in [3.8, 4) is 0 Å². The Bertz CT molecular complexity index is 799. The first kappa shape index (κ1) is 12.7. The minimum absolute atomic E-state index is 0.0445. The molecule has 0 amide bonds. The van der Waals surface area contributed by atoms with Gasteiger partial charge in [-0.3, -0.25) is 0 Å². The van der Waals surface area contributed by atoms with E-state index in [0.29, 0.717) is 6.04 Å². The molecule has 3 rings (SSSR count). The van der Waals surface area contributed by atoms with Crippen molar-refractivity contribution in [2.24, 2.45) is 0 Å². The van der Waals surface area contributed by atoms with Crippen molar-refractivity contribution in [3.63, 3.8) is 0 Å². The molecule has 102 valence electrons. The van der Waals surface area contributed by atoms with Crippen LogP contribution in [0.2, 0.25) is 0 Å². The Kier molecular flexibility index (Phi) is 2.97. The number of rotatable bonds is 3. The average Bonchev–Trinajstić information content (AvgIpc) is 2.72. The van der Waals surface area contributed by atoms with Crippen LogP contribution in [0.3, 0.4) is 0 Å². The zero-order chi connectivity index (χ0) is 14.3. The second-order valence-electron chi connectivity index (χ2n) is 5.38. The monoisotopic (exact) mass is 266 g/mol. The molecule has 0 saturated carbocycles. The normalized spacial score (nSPS) is 11.6. The lowest BCUT2D eigenvalue weighted by molar-refractivity contribution is -0.304. The van der Waals surface area contributed by atoms with Crippen LogP contribution in [0.1, 0.15) is 25.5 Å². The molecule has 2 aromatic carbocycles. The summed E-state index contributed by atoms with van der Waals surface area (Å²) < 4.78 is 2.29. The van der Waals surface area contributed by atoms with Crippen LogP contribution >= 0.6 is 0 Å². The topological polar surface area (TPSA) is 45.1 Å². The van der Waals surface area contributed by atoms with Crippen LogP contribution in [0.4, 0.5) is 0 Å². The van der Waals surface area contributed by atoms with Gasteiger partial charge >= 0.3 is 0 Å². The van der Waals surface area contributed by atoms with Crippen molar-refractivity contribution in [3.05, 3.63) is 48.0 Å². The summed E-state index contributed by atoms with van der Waals surface area (Å²) in [6.07, 6.45) is -0.0445. The van der Waals surface area contributed by atoms with Crippen molar-refractivity contribution < 1.29 is 9.90 Å². The Hall–Kier alpha value is -2.29. The summed E-state index contributed by atoms with van der Waals surface area (Å²) in [4.78, 5) is 10.8. The Morgan fingerprint density at radius 2 is 1.80 bits per heavy atom. The third-order valence-corrected chi connectivity index (χ3v) is 3.64. The average molecular weight is 266 g/mol. The van der Waals surface area contributed by atoms with Crippen LogP contribution in [0.25, 0.3) is 21.8 Å². The highest BCUT2D eigenvalue weighted by Gasteiger charge is 2.12. The lowest BCUT2D eigenvalue weighted by Gasteiger charge is -2.11. The number of para-hydroxylation sites is 1.